The second kappa shape index (κ2) is 11.2. The molecule has 0 saturated heterocycles. The first kappa shape index (κ1) is 26.9. The van der Waals surface area contributed by atoms with Gasteiger partial charge < -0.3 is 24.0 Å². The lowest BCUT2D eigenvalue weighted by molar-refractivity contribution is 0.0994. The van der Waals surface area contributed by atoms with Crippen LogP contribution in [-0.4, -0.2) is 45.0 Å². The van der Waals surface area contributed by atoms with Gasteiger partial charge in [0, 0.05) is 22.9 Å². The summed E-state index contributed by atoms with van der Waals surface area (Å²) in [4.78, 5) is 16.8. The van der Waals surface area contributed by atoms with Gasteiger partial charge in [0.2, 0.25) is 0 Å². The highest BCUT2D eigenvalue weighted by Gasteiger charge is 2.29. The first-order valence-electron chi connectivity index (χ1n) is 13.0. The summed E-state index contributed by atoms with van der Waals surface area (Å²) in [5.74, 6) is 3.27. The summed E-state index contributed by atoms with van der Waals surface area (Å²) in [5.41, 5.74) is 5.81. The first-order chi connectivity index (χ1) is 18.8. The van der Waals surface area contributed by atoms with Crippen LogP contribution < -0.4 is 14.4 Å². The number of aromatic nitrogens is 4. The number of aryl methyl sites for hydroxylation is 2. The van der Waals surface area contributed by atoms with Crippen molar-refractivity contribution in [3.63, 3.8) is 0 Å². The lowest BCUT2D eigenvalue weighted by Crippen LogP contribution is -2.19. The topological polar surface area (TPSA) is 107 Å². The Hall–Kier alpha value is -3.69. The third kappa shape index (κ3) is 5.29. The first-order valence-corrected chi connectivity index (χ1v) is 13.4. The predicted molar refractivity (Wildman–Crippen MR) is 149 cm³/mol. The summed E-state index contributed by atoms with van der Waals surface area (Å²) in [6.45, 7) is 9.17. The molecular formula is C29H32ClN5O4. The summed E-state index contributed by atoms with van der Waals surface area (Å²) in [7, 11) is 1.67. The van der Waals surface area contributed by atoms with Crippen LogP contribution in [0.25, 0.3) is 22.6 Å². The average Bonchev–Trinajstić information content (AvgIpc) is 3.51. The van der Waals surface area contributed by atoms with Gasteiger partial charge in [-0.3, -0.25) is 4.98 Å². The number of aliphatic hydroxyl groups excluding tert-OH is 1. The highest BCUT2D eigenvalue weighted by molar-refractivity contribution is 6.33. The molecule has 39 heavy (non-hydrogen) atoms. The standard InChI is InChI=1S/C29H32ClN5O4/c1-6-7-19(36)15-38-20-8-9-23(30)21(12-20)28-32-27(26-17(3)34-39-18(26)4)16(2)29(33-28)35-13-22-24(14-35)31-11-10-25(22)37-5/h8-12,19,36H,6-7,13-15H2,1-5H3/t19-/m1/s1. The second-order valence-corrected chi connectivity index (χ2v) is 10.1. The molecule has 1 atom stereocenters. The molecule has 3 aromatic heterocycles. The van der Waals surface area contributed by atoms with Crippen LogP contribution in [0.1, 0.15) is 48.0 Å². The molecule has 4 aromatic rings. The number of halogens is 1. The van der Waals surface area contributed by atoms with E-state index in [1.54, 1.807) is 25.4 Å². The Bertz CT molecular complexity index is 1490. The van der Waals surface area contributed by atoms with E-state index in [1.807, 2.05) is 39.8 Å². The smallest absolute Gasteiger partial charge is 0.163 e. The van der Waals surface area contributed by atoms with Gasteiger partial charge in [-0.15, -0.1) is 0 Å². The molecule has 0 aliphatic carbocycles. The van der Waals surface area contributed by atoms with Gasteiger partial charge in [-0.05, 0) is 51.5 Å². The Labute approximate surface area is 232 Å². The zero-order valence-electron chi connectivity index (χ0n) is 22.8. The van der Waals surface area contributed by atoms with E-state index < -0.39 is 6.10 Å². The van der Waals surface area contributed by atoms with Gasteiger partial charge in [0.1, 0.15) is 29.7 Å². The maximum Gasteiger partial charge on any atom is 0.163 e. The van der Waals surface area contributed by atoms with E-state index in [1.165, 1.54) is 0 Å². The summed E-state index contributed by atoms with van der Waals surface area (Å²) in [6.07, 6.45) is 2.77. The minimum absolute atomic E-state index is 0.195. The molecule has 9 nitrogen and oxygen atoms in total. The van der Waals surface area contributed by atoms with Crippen molar-refractivity contribution in [2.24, 2.45) is 0 Å². The number of pyridine rings is 1. The molecule has 4 heterocycles. The minimum Gasteiger partial charge on any atom is -0.496 e. The molecule has 10 heteroatoms. The molecule has 0 unspecified atom stereocenters. The molecule has 0 spiro atoms. The largest absolute Gasteiger partial charge is 0.496 e. The highest BCUT2D eigenvalue weighted by Crippen LogP contribution is 2.40. The number of hydrogen-bond donors (Lipinski definition) is 1. The van der Waals surface area contributed by atoms with Gasteiger partial charge in [0.15, 0.2) is 5.82 Å². The van der Waals surface area contributed by atoms with E-state index in [9.17, 15) is 5.11 Å². The number of methoxy groups -OCH3 is 1. The normalized spacial score (nSPS) is 13.5. The zero-order valence-corrected chi connectivity index (χ0v) is 23.5. The predicted octanol–water partition coefficient (Wildman–Crippen LogP) is 5.84. The maximum absolute atomic E-state index is 10.1. The van der Waals surface area contributed by atoms with E-state index >= 15 is 0 Å². The van der Waals surface area contributed by atoms with E-state index in [4.69, 9.17) is 35.6 Å². The van der Waals surface area contributed by atoms with Crippen LogP contribution in [0, 0.1) is 20.8 Å². The number of fused-ring (bicyclic) bond motifs is 1. The monoisotopic (exact) mass is 549 g/mol. The molecule has 0 saturated carbocycles. The molecule has 0 amide bonds. The van der Waals surface area contributed by atoms with Crippen LogP contribution in [0.4, 0.5) is 5.82 Å². The number of benzene rings is 1. The third-order valence-corrected chi connectivity index (χ3v) is 7.27. The molecule has 1 aliphatic heterocycles. The van der Waals surface area contributed by atoms with Gasteiger partial charge in [-0.2, -0.15) is 0 Å². The average molecular weight is 550 g/mol. The SMILES string of the molecule is CCC[C@@H](O)COc1ccc(Cl)c(-c2nc(-c3c(C)noc3C)c(C)c(N3Cc4nccc(OC)c4C3)n2)c1. The van der Waals surface area contributed by atoms with E-state index in [2.05, 4.69) is 15.0 Å². The van der Waals surface area contributed by atoms with Gasteiger partial charge in [-0.25, -0.2) is 9.97 Å². The van der Waals surface area contributed by atoms with Crippen molar-refractivity contribution in [2.75, 3.05) is 18.6 Å². The van der Waals surface area contributed by atoms with Gasteiger partial charge in [-0.1, -0.05) is 30.1 Å². The lowest BCUT2D eigenvalue weighted by Gasteiger charge is -2.22. The van der Waals surface area contributed by atoms with Gasteiger partial charge in [0.25, 0.3) is 0 Å². The summed E-state index contributed by atoms with van der Waals surface area (Å²) in [6, 6.07) is 7.23. The number of hydrogen-bond acceptors (Lipinski definition) is 9. The third-order valence-electron chi connectivity index (χ3n) is 6.94. The molecule has 0 fully saturated rings. The van der Waals surface area contributed by atoms with Crippen molar-refractivity contribution < 1.29 is 19.1 Å². The Morgan fingerprint density at radius 3 is 2.69 bits per heavy atom. The zero-order chi connectivity index (χ0) is 27.7. The maximum atomic E-state index is 10.1. The summed E-state index contributed by atoms with van der Waals surface area (Å²) < 4.78 is 17.0. The lowest BCUT2D eigenvalue weighted by atomic mass is 10.0. The number of ether oxygens (including phenoxy) is 2. The minimum atomic E-state index is -0.537. The van der Waals surface area contributed by atoms with Gasteiger partial charge in [0.05, 0.1) is 54.0 Å². The number of aliphatic hydroxyl groups is 1. The summed E-state index contributed by atoms with van der Waals surface area (Å²) in [5, 5.41) is 14.8. The fourth-order valence-electron chi connectivity index (χ4n) is 4.96. The fourth-order valence-corrected chi connectivity index (χ4v) is 5.16. The van der Waals surface area contributed by atoms with Crippen LogP contribution in [0.2, 0.25) is 5.02 Å². The summed E-state index contributed by atoms with van der Waals surface area (Å²) >= 11 is 6.69. The van der Waals surface area contributed by atoms with E-state index in [-0.39, 0.29) is 6.61 Å². The Balaban J connectivity index is 1.61. The number of rotatable bonds is 9. The van der Waals surface area contributed by atoms with Crippen LogP contribution in [0.15, 0.2) is 35.0 Å². The Morgan fingerprint density at radius 1 is 1.15 bits per heavy atom. The van der Waals surface area contributed by atoms with Crippen molar-refractivity contribution in [3.05, 3.63) is 63.8 Å². The molecule has 1 aliphatic rings. The van der Waals surface area contributed by atoms with Crippen molar-refractivity contribution in [3.8, 4) is 34.1 Å². The number of anilines is 1. The highest BCUT2D eigenvalue weighted by atomic mass is 35.5. The Morgan fingerprint density at radius 2 is 1.97 bits per heavy atom. The molecule has 1 aromatic carbocycles. The second-order valence-electron chi connectivity index (χ2n) is 9.73. The molecule has 0 radical (unpaired) electrons. The van der Waals surface area contributed by atoms with E-state index in [0.29, 0.717) is 47.4 Å². The number of nitrogens with zero attached hydrogens (tertiary/aromatic N) is 5. The van der Waals surface area contributed by atoms with Crippen LogP contribution in [0.3, 0.4) is 0 Å². The van der Waals surface area contributed by atoms with Crippen LogP contribution in [-0.2, 0) is 13.1 Å². The van der Waals surface area contributed by atoms with Crippen molar-refractivity contribution >= 4 is 17.4 Å². The molecule has 1 N–H and O–H groups in total. The molecule has 0 bridgehead atoms. The quantitative estimate of drug-likeness (QED) is 0.275. The van der Waals surface area contributed by atoms with Crippen molar-refractivity contribution in [1.29, 1.82) is 0 Å². The molecule has 5 rings (SSSR count). The van der Waals surface area contributed by atoms with Crippen LogP contribution >= 0.6 is 11.6 Å². The molecule has 204 valence electrons. The van der Waals surface area contributed by atoms with Crippen molar-refractivity contribution in [2.45, 2.75) is 59.7 Å². The van der Waals surface area contributed by atoms with E-state index in [0.717, 1.165) is 51.8 Å². The Kier molecular flexibility index (Phi) is 7.72. The van der Waals surface area contributed by atoms with Crippen molar-refractivity contribution in [1.82, 2.24) is 20.1 Å². The van der Waals surface area contributed by atoms with Crippen LogP contribution in [0.5, 0.6) is 11.5 Å². The molecular weight excluding hydrogens is 518 g/mol. The van der Waals surface area contributed by atoms with Gasteiger partial charge >= 0.3 is 0 Å². The fraction of sp³-hybridized carbons (Fsp3) is 0.379.